The summed E-state index contributed by atoms with van der Waals surface area (Å²) in [6.07, 6.45) is 3.17. The highest BCUT2D eigenvalue weighted by Crippen LogP contribution is 2.19. The number of hydrogen-bond acceptors (Lipinski definition) is 8. The van der Waals surface area contributed by atoms with Crippen molar-refractivity contribution in [2.75, 3.05) is 18.6 Å². The van der Waals surface area contributed by atoms with Crippen molar-refractivity contribution in [2.45, 2.75) is 6.61 Å². The summed E-state index contributed by atoms with van der Waals surface area (Å²) in [7, 11) is 1.52. The van der Waals surface area contributed by atoms with Crippen LogP contribution in [0.25, 0.3) is 0 Å². The minimum atomic E-state index is -0.732. The van der Waals surface area contributed by atoms with Crippen molar-refractivity contribution in [3.63, 3.8) is 0 Å². The Balaban J connectivity index is 1.82. The molecule has 158 valence electrons. The summed E-state index contributed by atoms with van der Waals surface area (Å²) in [4.78, 5) is 36.6. The van der Waals surface area contributed by atoms with Crippen molar-refractivity contribution in [3.8, 4) is 5.75 Å². The number of amides is 1. The van der Waals surface area contributed by atoms with Crippen LogP contribution in [0, 0.1) is 0 Å². The lowest BCUT2D eigenvalue weighted by Crippen LogP contribution is -2.21. The van der Waals surface area contributed by atoms with E-state index in [1.165, 1.54) is 13.2 Å². The normalized spacial score (nSPS) is 11.1. The predicted octanol–water partition coefficient (Wildman–Crippen LogP) is 1.55. The first-order valence-electron chi connectivity index (χ1n) is 9.04. The molecule has 0 saturated carbocycles. The van der Waals surface area contributed by atoms with Gasteiger partial charge >= 0.3 is 5.97 Å². The van der Waals surface area contributed by atoms with Gasteiger partial charge in [-0.2, -0.15) is 4.99 Å². The molecular formula is C21H20N6O4. The molecule has 0 radical (unpaired) electrons. The van der Waals surface area contributed by atoms with Crippen molar-refractivity contribution in [2.24, 2.45) is 10.7 Å². The number of hydrogen-bond donors (Lipinski definition) is 3. The first-order chi connectivity index (χ1) is 14.9. The van der Waals surface area contributed by atoms with E-state index in [0.29, 0.717) is 16.9 Å². The Kier molecular flexibility index (Phi) is 6.41. The highest BCUT2D eigenvalue weighted by atomic mass is 16.5. The van der Waals surface area contributed by atoms with Crippen molar-refractivity contribution in [3.05, 3.63) is 77.1 Å². The second kappa shape index (κ2) is 9.35. The Morgan fingerprint density at radius 2 is 1.77 bits per heavy atom. The van der Waals surface area contributed by atoms with Gasteiger partial charge in [-0.25, -0.2) is 9.78 Å². The van der Waals surface area contributed by atoms with Crippen LogP contribution in [-0.2, 0) is 11.3 Å². The zero-order valence-corrected chi connectivity index (χ0v) is 16.6. The van der Waals surface area contributed by atoms with Gasteiger partial charge in [-0.1, -0.05) is 6.07 Å². The summed E-state index contributed by atoms with van der Waals surface area (Å²) in [6.45, 7) is -0.00858. The number of pyridine rings is 2. The molecule has 0 atom stereocenters. The Morgan fingerprint density at radius 1 is 1.06 bits per heavy atom. The van der Waals surface area contributed by atoms with Crippen LogP contribution in [-0.4, -0.2) is 34.8 Å². The molecule has 10 nitrogen and oxygen atoms in total. The summed E-state index contributed by atoms with van der Waals surface area (Å²) in [5, 5.41) is 0. The highest BCUT2D eigenvalue weighted by Gasteiger charge is 2.18. The zero-order chi connectivity index (χ0) is 22.4. The molecule has 0 bridgehead atoms. The fourth-order valence-electron chi connectivity index (χ4n) is 2.59. The van der Waals surface area contributed by atoms with Crippen LogP contribution >= 0.6 is 0 Å². The van der Waals surface area contributed by atoms with Gasteiger partial charge in [0, 0.05) is 23.5 Å². The lowest BCUT2D eigenvalue weighted by atomic mass is 10.1. The summed E-state index contributed by atoms with van der Waals surface area (Å²) in [5.74, 6) is -1.17. The van der Waals surface area contributed by atoms with Crippen LogP contribution in [0.15, 0.2) is 59.9 Å². The number of methoxy groups -OCH3 is 1. The smallest absolute Gasteiger partial charge is 0.342 e. The maximum absolute atomic E-state index is 12.5. The van der Waals surface area contributed by atoms with Crippen LogP contribution in [0.1, 0.15) is 31.8 Å². The predicted molar refractivity (Wildman–Crippen MR) is 114 cm³/mol. The molecule has 2 aromatic heterocycles. The van der Waals surface area contributed by atoms with Gasteiger partial charge in [0.25, 0.3) is 5.91 Å². The van der Waals surface area contributed by atoms with Gasteiger partial charge in [0.2, 0.25) is 0 Å². The van der Waals surface area contributed by atoms with E-state index >= 15 is 0 Å². The van der Waals surface area contributed by atoms with E-state index in [2.05, 4.69) is 15.0 Å². The number of nitrogens with zero attached hydrogens (tertiary/aromatic N) is 3. The van der Waals surface area contributed by atoms with E-state index in [4.69, 9.17) is 26.7 Å². The Labute approximate surface area is 177 Å². The Hall–Kier alpha value is -4.47. The summed E-state index contributed by atoms with van der Waals surface area (Å²) >= 11 is 0. The van der Waals surface area contributed by atoms with E-state index in [1.807, 2.05) is 0 Å². The number of rotatable bonds is 6. The Bertz CT molecular complexity index is 1130. The lowest BCUT2D eigenvalue weighted by Gasteiger charge is -2.10. The molecule has 6 N–H and O–H groups in total. The third-order valence-corrected chi connectivity index (χ3v) is 4.23. The number of aromatic nitrogens is 2. The fraction of sp³-hybridized carbons (Fsp3) is 0.0952. The molecule has 3 rings (SSSR count). The van der Waals surface area contributed by atoms with Crippen LogP contribution in [0.2, 0.25) is 0 Å². The Morgan fingerprint density at radius 3 is 2.42 bits per heavy atom. The molecule has 0 saturated heterocycles. The topological polar surface area (TPSA) is 169 Å². The highest BCUT2D eigenvalue weighted by molar-refractivity contribution is 6.11. The second-order valence-electron chi connectivity index (χ2n) is 6.32. The third kappa shape index (κ3) is 5.12. The van der Waals surface area contributed by atoms with E-state index in [0.717, 1.165) is 0 Å². The minimum absolute atomic E-state index is 0.00858. The molecule has 0 aliphatic rings. The molecule has 3 aromatic rings. The molecule has 2 heterocycles. The van der Waals surface area contributed by atoms with Crippen LogP contribution < -0.4 is 21.9 Å². The molecule has 0 spiro atoms. The first-order valence-corrected chi connectivity index (χ1v) is 9.04. The van der Waals surface area contributed by atoms with Crippen molar-refractivity contribution < 1.29 is 19.1 Å². The van der Waals surface area contributed by atoms with Gasteiger partial charge in [-0.15, -0.1) is 0 Å². The summed E-state index contributed by atoms with van der Waals surface area (Å²) < 4.78 is 10.3. The number of carbonyl (C=O) groups excluding carboxylic acids is 2. The number of nitrogen functional groups attached to an aromatic ring is 2. The van der Waals surface area contributed by atoms with Crippen molar-refractivity contribution in [1.82, 2.24) is 9.97 Å². The quantitative estimate of drug-likeness (QED) is 0.304. The third-order valence-electron chi connectivity index (χ3n) is 4.23. The van der Waals surface area contributed by atoms with Crippen LogP contribution in [0.4, 0.5) is 11.6 Å². The average molecular weight is 420 g/mol. The molecule has 1 aromatic carbocycles. The standard InChI is InChI=1S/C21H20N6O4/c1-30-14-6-4-13(5-7-14)20(28)27-18(23)15-9-16(19(24)26-17(15)22)21(29)31-11-12-3-2-8-25-10-12/h2-10H,11H2,1H3,(H4,22,24,26)(H2,23,27,28). The molecule has 0 fully saturated rings. The monoisotopic (exact) mass is 420 g/mol. The van der Waals surface area contributed by atoms with E-state index < -0.39 is 11.9 Å². The van der Waals surface area contributed by atoms with E-state index in [-0.39, 0.29) is 35.2 Å². The minimum Gasteiger partial charge on any atom is -0.497 e. The summed E-state index contributed by atoms with van der Waals surface area (Å²) in [5.41, 5.74) is 18.7. The number of ether oxygens (including phenoxy) is 2. The number of anilines is 2. The molecule has 1 amide bonds. The lowest BCUT2D eigenvalue weighted by molar-refractivity contribution is 0.0473. The maximum Gasteiger partial charge on any atom is 0.342 e. The zero-order valence-electron chi connectivity index (χ0n) is 16.6. The van der Waals surface area contributed by atoms with Crippen molar-refractivity contribution >= 4 is 29.3 Å². The number of amidine groups is 1. The molecular weight excluding hydrogens is 400 g/mol. The van der Waals surface area contributed by atoms with Crippen LogP contribution in [0.5, 0.6) is 5.75 Å². The number of aliphatic imine (C=N–C) groups is 1. The van der Waals surface area contributed by atoms with Gasteiger partial charge < -0.3 is 26.7 Å². The number of carbonyl (C=O) groups is 2. The van der Waals surface area contributed by atoms with Crippen LogP contribution in [0.3, 0.4) is 0 Å². The molecule has 0 aliphatic carbocycles. The average Bonchev–Trinajstić information content (AvgIpc) is 2.78. The van der Waals surface area contributed by atoms with Gasteiger partial charge in [-0.05, 0) is 36.4 Å². The fourth-order valence-corrected chi connectivity index (χ4v) is 2.59. The van der Waals surface area contributed by atoms with E-state index in [1.54, 1.807) is 48.8 Å². The van der Waals surface area contributed by atoms with Gasteiger partial charge in [-0.3, -0.25) is 9.78 Å². The number of nitrogens with two attached hydrogens (primary N) is 3. The summed E-state index contributed by atoms with van der Waals surface area (Å²) in [6, 6.07) is 11.1. The number of esters is 1. The molecule has 10 heteroatoms. The van der Waals surface area contributed by atoms with Gasteiger partial charge in [0.15, 0.2) is 0 Å². The largest absolute Gasteiger partial charge is 0.497 e. The van der Waals surface area contributed by atoms with E-state index in [9.17, 15) is 9.59 Å². The van der Waals surface area contributed by atoms with Crippen molar-refractivity contribution in [1.29, 1.82) is 0 Å². The number of benzene rings is 1. The maximum atomic E-state index is 12.5. The molecule has 0 unspecified atom stereocenters. The first kappa shape index (κ1) is 21.2. The van der Waals surface area contributed by atoms with Gasteiger partial charge in [0.1, 0.15) is 35.4 Å². The molecule has 31 heavy (non-hydrogen) atoms. The SMILES string of the molecule is COc1ccc(C(=O)N=C(N)c2cc(C(=O)OCc3cccnc3)c(N)nc2N)cc1. The van der Waals surface area contributed by atoms with Gasteiger partial charge in [0.05, 0.1) is 12.7 Å². The molecule has 0 aliphatic heterocycles. The second-order valence-corrected chi connectivity index (χ2v) is 6.32.